The van der Waals surface area contributed by atoms with E-state index in [2.05, 4.69) is 5.32 Å². The number of amides is 1. The van der Waals surface area contributed by atoms with Crippen LogP contribution in [-0.4, -0.2) is 37.4 Å². The van der Waals surface area contributed by atoms with Crippen LogP contribution in [0.4, 0.5) is 4.39 Å². The number of aliphatic hydroxyl groups excluding tert-OH is 1. The Balaban J connectivity index is 2.59. The van der Waals surface area contributed by atoms with Gasteiger partial charge in [-0.1, -0.05) is 0 Å². The van der Waals surface area contributed by atoms with Gasteiger partial charge in [-0.15, -0.1) is 0 Å². The first-order chi connectivity index (χ1) is 9.43. The van der Waals surface area contributed by atoms with Crippen molar-refractivity contribution in [2.45, 2.75) is 26.0 Å². The van der Waals surface area contributed by atoms with Crippen molar-refractivity contribution in [3.63, 3.8) is 0 Å². The first kappa shape index (κ1) is 16.4. The molecule has 5 nitrogen and oxygen atoms in total. The summed E-state index contributed by atoms with van der Waals surface area (Å²) >= 11 is 0. The van der Waals surface area contributed by atoms with Crippen LogP contribution in [0.15, 0.2) is 18.2 Å². The number of ether oxygens (including phenoxy) is 2. The number of methoxy groups -OCH3 is 1. The van der Waals surface area contributed by atoms with Crippen LogP contribution in [0.3, 0.4) is 0 Å². The van der Waals surface area contributed by atoms with E-state index in [9.17, 15) is 14.3 Å². The number of nitrogens with one attached hydrogen (secondary N) is 1. The van der Waals surface area contributed by atoms with E-state index in [1.165, 1.54) is 25.1 Å². The molecule has 0 fully saturated rings. The minimum absolute atomic E-state index is 0.124. The Morgan fingerprint density at radius 1 is 1.45 bits per heavy atom. The lowest BCUT2D eigenvalue weighted by Crippen LogP contribution is -2.38. The molecule has 1 rings (SSSR count). The quantitative estimate of drug-likeness (QED) is 0.795. The van der Waals surface area contributed by atoms with Gasteiger partial charge in [-0.2, -0.15) is 0 Å². The van der Waals surface area contributed by atoms with Crippen LogP contribution in [-0.2, 0) is 9.53 Å². The molecule has 2 atom stereocenters. The topological polar surface area (TPSA) is 67.8 Å². The Bertz CT molecular complexity index is 451. The summed E-state index contributed by atoms with van der Waals surface area (Å²) in [7, 11) is 1.55. The standard InChI is InChI=1S/C14H20FNO4/c1-9(7-19-3)16-14(18)8-20-13-5-4-11(15)6-12(13)10(2)17/h4-6,9-10,17H,7-8H2,1-3H3,(H,16,18)/t9?,10-/m0/s1. The molecule has 0 aliphatic rings. The zero-order valence-corrected chi connectivity index (χ0v) is 11.9. The smallest absolute Gasteiger partial charge is 0.258 e. The van der Waals surface area contributed by atoms with E-state index in [1.54, 1.807) is 14.0 Å². The summed E-state index contributed by atoms with van der Waals surface area (Å²) in [6, 6.07) is 3.67. The first-order valence-electron chi connectivity index (χ1n) is 6.32. The molecule has 0 radical (unpaired) electrons. The van der Waals surface area contributed by atoms with Gasteiger partial charge in [-0.05, 0) is 32.0 Å². The largest absolute Gasteiger partial charge is 0.483 e. The van der Waals surface area contributed by atoms with Crippen LogP contribution in [0, 0.1) is 5.82 Å². The Labute approximate surface area is 117 Å². The Morgan fingerprint density at radius 2 is 2.15 bits per heavy atom. The highest BCUT2D eigenvalue weighted by molar-refractivity contribution is 5.77. The molecule has 1 amide bonds. The van der Waals surface area contributed by atoms with Crippen LogP contribution in [0.2, 0.25) is 0 Å². The second kappa shape index (κ2) is 7.81. The van der Waals surface area contributed by atoms with Gasteiger partial charge in [-0.25, -0.2) is 4.39 Å². The zero-order valence-electron chi connectivity index (χ0n) is 11.9. The number of hydrogen-bond donors (Lipinski definition) is 2. The molecule has 0 aromatic heterocycles. The third-order valence-electron chi connectivity index (χ3n) is 2.60. The summed E-state index contributed by atoms with van der Waals surface area (Å²) in [5, 5.41) is 12.2. The molecule has 2 N–H and O–H groups in total. The van der Waals surface area contributed by atoms with Gasteiger partial charge in [0.1, 0.15) is 11.6 Å². The number of carbonyl (C=O) groups excluding carboxylic acids is 1. The van der Waals surface area contributed by atoms with Crippen LogP contribution < -0.4 is 10.1 Å². The van der Waals surface area contributed by atoms with E-state index in [0.29, 0.717) is 12.2 Å². The highest BCUT2D eigenvalue weighted by Gasteiger charge is 2.13. The molecule has 0 saturated carbocycles. The van der Waals surface area contributed by atoms with Gasteiger partial charge in [0.25, 0.3) is 5.91 Å². The average molecular weight is 285 g/mol. The van der Waals surface area contributed by atoms with Crippen molar-refractivity contribution in [3.8, 4) is 5.75 Å². The first-order valence-corrected chi connectivity index (χ1v) is 6.32. The minimum Gasteiger partial charge on any atom is -0.483 e. The summed E-state index contributed by atoms with van der Waals surface area (Å²) in [5.74, 6) is -0.488. The predicted octanol–water partition coefficient (Wildman–Crippen LogP) is 1.41. The number of halogens is 1. The molecule has 0 saturated heterocycles. The van der Waals surface area contributed by atoms with Gasteiger partial charge in [-0.3, -0.25) is 4.79 Å². The molecule has 0 bridgehead atoms. The lowest BCUT2D eigenvalue weighted by atomic mass is 10.1. The van der Waals surface area contributed by atoms with Crippen LogP contribution in [0.1, 0.15) is 25.5 Å². The number of rotatable bonds is 7. The van der Waals surface area contributed by atoms with E-state index in [4.69, 9.17) is 9.47 Å². The van der Waals surface area contributed by atoms with Gasteiger partial charge in [0.15, 0.2) is 6.61 Å². The molecule has 1 aromatic rings. The van der Waals surface area contributed by atoms with Crippen molar-refractivity contribution in [2.24, 2.45) is 0 Å². The number of hydrogen-bond acceptors (Lipinski definition) is 4. The van der Waals surface area contributed by atoms with E-state index >= 15 is 0 Å². The van der Waals surface area contributed by atoms with E-state index < -0.39 is 11.9 Å². The highest BCUT2D eigenvalue weighted by Crippen LogP contribution is 2.25. The van der Waals surface area contributed by atoms with Gasteiger partial charge in [0.2, 0.25) is 0 Å². The second-order valence-electron chi connectivity index (χ2n) is 4.57. The fraction of sp³-hybridized carbons (Fsp3) is 0.500. The molecule has 1 aromatic carbocycles. The number of aliphatic hydroxyl groups is 1. The summed E-state index contributed by atoms with van der Waals surface area (Å²) in [6.07, 6.45) is -0.879. The van der Waals surface area contributed by atoms with Crippen LogP contribution in [0.25, 0.3) is 0 Å². The molecule has 0 spiro atoms. The molecule has 6 heteroatoms. The number of carbonyl (C=O) groups is 1. The maximum Gasteiger partial charge on any atom is 0.258 e. The Hall–Kier alpha value is -1.66. The van der Waals surface area contributed by atoms with Gasteiger partial charge in [0, 0.05) is 18.7 Å². The maximum absolute atomic E-state index is 13.1. The Morgan fingerprint density at radius 3 is 2.75 bits per heavy atom. The van der Waals surface area contributed by atoms with Crippen molar-refractivity contribution >= 4 is 5.91 Å². The molecular formula is C14H20FNO4. The summed E-state index contributed by atoms with van der Waals surface area (Å²) in [4.78, 5) is 11.6. The summed E-state index contributed by atoms with van der Waals surface area (Å²) in [6.45, 7) is 3.50. The van der Waals surface area contributed by atoms with Crippen molar-refractivity contribution in [1.82, 2.24) is 5.32 Å². The lowest BCUT2D eigenvalue weighted by Gasteiger charge is -2.15. The van der Waals surface area contributed by atoms with Crippen molar-refractivity contribution in [3.05, 3.63) is 29.6 Å². The Kier molecular flexibility index (Phi) is 6.41. The van der Waals surface area contributed by atoms with Crippen molar-refractivity contribution < 1.29 is 23.8 Å². The van der Waals surface area contributed by atoms with E-state index in [0.717, 1.165) is 0 Å². The van der Waals surface area contributed by atoms with Gasteiger partial charge in [0.05, 0.1) is 12.7 Å². The SMILES string of the molecule is COCC(C)NC(=O)COc1ccc(F)cc1[C@H](C)O. The van der Waals surface area contributed by atoms with E-state index in [1.807, 2.05) is 0 Å². The predicted molar refractivity (Wildman–Crippen MR) is 72.0 cm³/mol. The average Bonchev–Trinajstić information content (AvgIpc) is 2.37. The van der Waals surface area contributed by atoms with Gasteiger partial charge >= 0.3 is 0 Å². The third kappa shape index (κ3) is 5.14. The molecule has 0 aliphatic heterocycles. The fourth-order valence-electron chi connectivity index (χ4n) is 1.73. The summed E-state index contributed by atoms with van der Waals surface area (Å²) in [5.41, 5.74) is 0.308. The zero-order chi connectivity index (χ0) is 15.1. The van der Waals surface area contributed by atoms with Crippen LogP contribution in [0.5, 0.6) is 5.75 Å². The van der Waals surface area contributed by atoms with Gasteiger partial charge < -0.3 is 19.9 Å². The second-order valence-corrected chi connectivity index (χ2v) is 4.57. The third-order valence-corrected chi connectivity index (χ3v) is 2.60. The molecule has 0 heterocycles. The monoisotopic (exact) mass is 285 g/mol. The molecule has 20 heavy (non-hydrogen) atoms. The minimum atomic E-state index is -0.879. The normalized spacial score (nSPS) is 13.7. The highest BCUT2D eigenvalue weighted by atomic mass is 19.1. The maximum atomic E-state index is 13.1. The lowest BCUT2D eigenvalue weighted by molar-refractivity contribution is -0.124. The fourth-order valence-corrected chi connectivity index (χ4v) is 1.73. The van der Waals surface area contributed by atoms with Crippen molar-refractivity contribution in [1.29, 1.82) is 0 Å². The molecule has 112 valence electrons. The molecule has 0 aliphatic carbocycles. The van der Waals surface area contributed by atoms with Crippen LogP contribution >= 0.6 is 0 Å². The summed E-state index contributed by atoms with van der Waals surface area (Å²) < 4.78 is 23.3. The number of benzene rings is 1. The molecular weight excluding hydrogens is 265 g/mol. The molecule has 1 unspecified atom stereocenters. The van der Waals surface area contributed by atoms with E-state index in [-0.39, 0.29) is 24.3 Å². The van der Waals surface area contributed by atoms with Crippen molar-refractivity contribution in [2.75, 3.05) is 20.3 Å².